The number of esters is 1. The molecule has 0 heterocycles. The summed E-state index contributed by atoms with van der Waals surface area (Å²) in [5.41, 5.74) is 1.72. The van der Waals surface area contributed by atoms with E-state index in [1.165, 1.54) is 25.7 Å². The second-order valence-electron chi connectivity index (χ2n) is 6.59. The summed E-state index contributed by atoms with van der Waals surface area (Å²) in [6.45, 7) is 1.84. The molecule has 2 saturated carbocycles. The van der Waals surface area contributed by atoms with Crippen molar-refractivity contribution < 1.29 is 14.3 Å². The topological polar surface area (TPSA) is 43.4 Å². The lowest BCUT2D eigenvalue weighted by atomic mass is 9.86. The van der Waals surface area contributed by atoms with Crippen molar-refractivity contribution in [3.8, 4) is 0 Å². The van der Waals surface area contributed by atoms with Gasteiger partial charge >= 0.3 is 5.97 Å². The van der Waals surface area contributed by atoms with E-state index in [1.807, 2.05) is 19.1 Å². The molecule has 2 aliphatic rings. The van der Waals surface area contributed by atoms with Crippen molar-refractivity contribution in [2.75, 3.05) is 6.61 Å². The largest absolute Gasteiger partial charge is 0.457 e. The number of carbonyl (C=O) groups excluding carboxylic acids is 2. The highest BCUT2D eigenvalue weighted by Crippen LogP contribution is 2.49. The fourth-order valence-electron chi connectivity index (χ4n) is 3.87. The van der Waals surface area contributed by atoms with Gasteiger partial charge in [-0.3, -0.25) is 9.59 Å². The summed E-state index contributed by atoms with van der Waals surface area (Å²) in [6, 6.07) is 7.34. The summed E-state index contributed by atoms with van der Waals surface area (Å²) < 4.78 is 5.17. The van der Waals surface area contributed by atoms with Gasteiger partial charge in [-0.15, -0.1) is 0 Å². The monoisotopic (exact) mass is 286 g/mol. The molecule has 21 heavy (non-hydrogen) atoms. The summed E-state index contributed by atoms with van der Waals surface area (Å²) in [7, 11) is 0. The van der Waals surface area contributed by atoms with E-state index in [0.717, 1.165) is 17.4 Å². The van der Waals surface area contributed by atoms with Gasteiger partial charge in [0.05, 0.1) is 0 Å². The lowest BCUT2D eigenvalue weighted by Gasteiger charge is -2.20. The van der Waals surface area contributed by atoms with Gasteiger partial charge in [-0.1, -0.05) is 36.2 Å². The number of Topliss-reactive ketones (excluding diaryl/α,β-unsaturated/α-hetero) is 1. The first kappa shape index (κ1) is 14.3. The molecule has 0 aliphatic heterocycles. The number of rotatable bonds is 5. The van der Waals surface area contributed by atoms with Crippen LogP contribution < -0.4 is 0 Å². The molecule has 0 saturated heterocycles. The molecule has 2 aliphatic carbocycles. The molecular weight excluding hydrogens is 264 g/mol. The second-order valence-corrected chi connectivity index (χ2v) is 6.59. The molecule has 2 fully saturated rings. The number of carbonyl (C=O) groups is 2. The summed E-state index contributed by atoms with van der Waals surface area (Å²) in [4.78, 5) is 23.8. The van der Waals surface area contributed by atoms with E-state index in [0.29, 0.717) is 17.9 Å². The normalized spacial score (nSPS) is 26.8. The van der Waals surface area contributed by atoms with Gasteiger partial charge in [0, 0.05) is 12.0 Å². The third-order valence-corrected chi connectivity index (χ3v) is 5.05. The Kier molecular flexibility index (Phi) is 4.09. The van der Waals surface area contributed by atoms with Crippen molar-refractivity contribution in [1.82, 2.24) is 0 Å². The van der Waals surface area contributed by atoms with Gasteiger partial charge in [0.1, 0.15) is 0 Å². The SMILES string of the molecule is Cc1ccc(C(=O)COC(=O)C[C@@H]2C[C@@H]3CC[C@H]2C3)cc1. The van der Waals surface area contributed by atoms with Crippen LogP contribution in [0, 0.1) is 24.7 Å². The Hall–Kier alpha value is -1.64. The average molecular weight is 286 g/mol. The highest BCUT2D eigenvalue weighted by atomic mass is 16.5. The number of benzene rings is 1. The molecule has 112 valence electrons. The third-order valence-electron chi connectivity index (χ3n) is 5.05. The molecule has 0 unspecified atom stereocenters. The van der Waals surface area contributed by atoms with Crippen LogP contribution in [0.1, 0.15) is 48.0 Å². The van der Waals surface area contributed by atoms with Crippen LogP contribution in [0.5, 0.6) is 0 Å². The zero-order valence-corrected chi connectivity index (χ0v) is 12.5. The highest BCUT2D eigenvalue weighted by Gasteiger charge is 2.40. The van der Waals surface area contributed by atoms with Crippen LogP contribution in [0.3, 0.4) is 0 Å². The molecule has 0 radical (unpaired) electrons. The predicted octanol–water partition coefficient (Wildman–Crippen LogP) is 3.55. The van der Waals surface area contributed by atoms with Crippen LogP contribution in [0.2, 0.25) is 0 Å². The van der Waals surface area contributed by atoms with E-state index in [-0.39, 0.29) is 18.4 Å². The average Bonchev–Trinajstić information content (AvgIpc) is 3.08. The maximum atomic E-state index is 11.9. The number of ether oxygens (including phenoxy) is 1. The van der Waals surface area contributed by atoms with Crippen LogP contribution in [-0.2, 0) is 9.53 Å². The molecule has 0 amide bonds. The van der Waals surface area contributed by atoms with Crippen LogP contribution in [-0.4, -0.2) is 18.4 Å². The Morgan fingerprint density at radius 3 is 2.52 bits per heavy atom. The summed E-state index contributed by atoms with van der Waals surface area (Å²) in [6.07, 6.45) is 5.56. The molecule has 0 N–H and O–H groups in total. The van der Waals surface area contributed by atoms with E-state index in [1.54, 1.807) is 12.1 Å². The summed E-state index contributed by atoms with van der Waals surface area (Å²) >= 11 is 0. The van der Waals surface area contributed by atoms with Gasteiger partial charge in [-0.25, -0.2) is 0 Å². The zero-order chi connectivity index (χ0) is 14.8. The number of aryl methyl sites for hydroxylation is 1. The van der Waals surface area contributed by atoms with E-state index in [4.69, 9.17) is 4.74 Å². The zero-order valence-electron chi connectivity index (χ0n) is 12.5. The second kappa shape index (κ2) is 6.00. The van der Waals surface area contributed by atoms with Gasteiger partial charge < -0.3 is 4.74 Å². The molecule has 0 aromatic heterocycles. The molecule has 3 heteroatoms. The van der Waals surface area contributed by atoms with Gasteiger partial charge in [-0.2, -0.15) is 0 Å². The van der Waals surface area contributed by atoms with Gasteiger partial charge in [0.15, 0.2) is 12.4 Å². The van der Waals surface area contributed by atoms with Crippen LogP contribution in [0.15, 0.2) is 24.3 Å². The molecule has 1 aromatic rings. The van der Waals surface area contributed by atoms with E-state index >= 15 is 0 Å². The first-order chi connectivity index (χ1) is 10.1. The van der Waals surface area contributed by atoms with Crippen LogP contribution in [0.25, 0.3) is 0 Å². The van der Waals surface area contributed by atoms with Gasteiger partial charge in [0.25, 0.3) is 0 Å². The third kappa shape index (κ3) is 3.34. The Bertz CT molecular complexity index is 532. The van der Waals surface area contributed by atoms with Crippen LogP contribution in [0.4, 0.5) is 0 Å². The van der Waals surface area contributed by atoms with Crippen molar-refractivity contribution in [3.63, 3.8) is 0 Å². The predicted molar refractivity (Wildman–Crippen MR) is 80.0 cm³/mol. The molecule has 1 aromatic carbocycles. The maximum absolute atomic E-state index is 11.9. The fourth-order valence-corrected chi connectivity index (χ4v) is 3.87. The quantitative estimate of drug-likeness (QED) is 0.614. The Labute approximate surface area is 125 Å². The standard InChI is InChI=1S/C18H22O3/c1-12-2-5-14(6-3-12)17(19)11-21-18(20)10-16-9-13-4-7-15(16)8-13/h2-3,5-6,13,15-16H,4,7-11H2,1H3/t13-,15+,16+/m1/s1. The van der Waals surface area contributed by atoms with E-state index < -0.39 is 0 Å². The molecule has 3 nitrogen and oxygen atoms in total. The minimum Gasteiger partial charge on any atom is -0.457 e. The van der Waals surface area contributed by atoms with Crippen molar-refractivity contribution in [1.29, 1.82) is 0 Å². The van der Waals surface area contributed by atoms with Gasteiger partial charge in [0.2, 0.25) is 0 Å². The lowest BCUT2D eigenvalue weighted by Crippen LogP contribution is -2.19. The van der Waals surface area contributed by atoms with Crippen molar-refractivity contribution in [2.45, 2.75) is 39.0 Å². The Balaban J connectivity index is 1.45. The highest BCUT2D eigenvalue weighted by molar-refractivity contribution is 5.97. The smallest absolute Gasteiger partial charge is 0.306 e. The summed E-state index contributed by atoms with van der Waals surface area (Å²) in [5, 5.41) is 0. The maximum Gasteiger partial charge on any atom is 0.306 e. The summed E-state index contributed by atoms with van der Waals surface area (Å²) in [5.74, 6) is 1.70. The molecule has 0 spiro atoms. The first-order valence-electron chi connectivity index (χ1n) is 7.87. The Morgan fingerprint density at radius 2 is 1.90 bits per heavy atom. The molecule has 2 bridgehead atoms. The lowest BCUT2D eigenvalue weighted by molar-refractivity contribution is -0.144. The fraction of sp³-hybridized carbons (Fsp3) is 0.556. The minimum atomic E-state index is -0.215. The van der Waals surface area contributed by atoms with Crippen molar-refractivity contribution >= 4 is 11.8 Å². The van der Waals surface area contributed by atoms with E-state index in [2.05, 4.69) is 0 Å². The molecular formula is C18H22O3. The number of hydrogen-bond acceptors (Lipinski definition) is 3. The van der Waals surface area contributed by atoms with Crippen molar-refractivity contribution in [3.05, 3.63) is 35.4 Å². The first-order valence-corrected chi connectivity index (χ1v) is 7.87. The van der Waals surface area contributed by atoms with Crippen LogP contribution >= 0.6 is 0 Å². The molecule has 3 atom stereocenters. The number of ketones is 1. The molecule has 3 rings (SSSR count). The number of fused-ring (bicyclic) bond motifs is 2. The van der Waals surface area contributed by atoms with Crippen molar-refractivity contribution in [2.24, 2.45) is 17.8 Å². The number of hydrogen-bond donors (Lipinski definition) is 0. The van der Waals surface area contributed by atoms with Gasteiger partial charge in [-0.05, 0) is 43.9 Å². The Morgan fingerprint density at radius 1 is 1.14 bits per heavy atom. The minimum absolute atomic E-state index is 0.128. The van der Waals surface area contributed by atoms with E-state index in [9.17, 15) is 9.59 Å².